The Morgan fingerprint density at radius 2 is 1.91 bits per heavy atom. The van der Waals surface area contributed by atoms with Gasteiger partial charge in [0.05, 0.1) is 5.56 Å². The Kier molecular flexibility index (Phi) is 7.24. The third-order valence-electron chi connectivity index (χ3n) is 7.47. The molecule has 0 unspecified atom stereocenters. The van der Waals surface area contributed by atoms with E-state index in [1.54, 1.807) is 0 Å². The van der Waals surface area contributed by atoms with Crippen LogP contribution < -0.4 is 16.6 Å². The predicted octanol–water partition coefficient (Wildman–Crippen LogP) is 3.42. The van der Waals surface area contributed by atoms with Crippen LogP contribution in [0.1, 0.15) is 58.7 Å². The van der Waals surface area contributed by atoms with Crippen LogP contribution in [0.25, 0.3) is 10.9 Å². The maximum atomic E-state index is 13.4. The first-order valence-corrected chi connectivity index (χ1v) is 12.3. The number of nitrogens with zero attached hydrogens (tertiary/aromatic N) is 2. The minimum atomic E-state index is -0.147. The highest BCUT2D eigenvalue weighted by atomic mass is 16.2. The number of pyridine rings is 1. The molecule has 0 radical (unpaired) electrons. The number of rotatable bonds is 7. The van der Waals surface area contributed by atoms with E-state index in [0.29, 0.717) is 23.6 Å². The number of piperidine rings is 1. The maximum Gasteiger partial charge on any atom is 0.254 e. The Hall–Kier alpha value is -2.90. The van der Waals surface area contributed by atoms with E-state index in [2.05, 4.69) is 32.8 Å². The molecule has 3 aromatic rings. The van der Waals surface area contributed by atoms with Gasteiger partial charge < -0.3 is 25.5 Å². The lowest BCUT2D eigenvalue weighted by Gasteiger charge is -2.36. The summed E-state index contributed by atoms with van der Waals surface area (Å²) in [6.07, 6.45) is 2.26. The molecule has 3 heterocycles. The summed E-state index contributed by atoms with van der Waals surface area (Å²) in [7, 11) is 0. The topological polar surface area (TPSA) is 96.2 Å². The summed E-state index contributed by atoms with van der Waals surface area (Å²) in [4.78, 5) is 31.1. The first-order valence-electron chi connectivity index (χ1n) is 12.3. The van der Waals surface area contributed by atoms with Crippen molar-refractivity contribution in [3.8, 4) is 0 Å². The molecule has 4 rings (SSSR count). The van der Waals surface area contributed by atoms with Gasteiger partial charge >= 0.3 is 0 Å². The average Bonchev–Trinajstić information content (AvgIpc) is 3.10. The van der Waals surface area contributed by atoms with Crippen LogP contribution in [-0.4, -0.2) is 46.5 Å². The Balaban J connectivity index is 1.60. The van der Waals surface area contributed by atoms with Gasteiger partial charge in [-0.3, -0.25) is 9.59 Å². The lowest BCUT2D eigenvalue weighted by Crippen LogP contribution is -2.39. The van der Waals surface area contributed by atoms with Crippen molar-refractivity contribution in [2.45, 2.75) is 53.1 Å². The van der Waals surface area contributed by atoms with Crippen molar-refractivity contribution in [1.82, 2.24) is 19.8 Å². The fourth-order valence-electron chi connectivity index (χ4n) is 5.61. The Labute approximate surface area is 201 Å². The van der Waals surface area contributed by atoms with Gasteiger partial charge in [-0.15, -0.1) is 0 Å². The Morgan fingerprint density at radius 3 is 2.59 bits per heavy atom. The van der Waals surface area contributed by atoms with Crippen LogP contribution in [0.2, 0.25) is 0 Å². The quantitative estimate of drug-likeness (QED) is 0.500. The largest absolute Gasteiger partial charge is 0.348 e. The van der Waals surface area contributed by atoms with Crippen LogP contribution in [0.4, 0.5) is 0 Å². The molecule has 0 saturated carbocycles. The molecule has 1 amide bonds. The number of carbonyl (C=O) groups excluding carboxylic acids is 1. The molecule has 1 aliphatic heterocycles. The molecule has 1 aliphatic rings. The van der Waals surface area contributed by atoms with Crippen molar-refractivity contribution in [3.05, 3.63) is 68.8 Å². The van der Waals surface area contributed by atoms with Crippen molar-refractivity contribution in [2.24, 2.45) is 11.7 Å². The van der Waals surface area contributed by atoms with Crippen LogP contribution in [-0.2, 0) is 6.54 Å². The first-order chi connectivity index (χ1) is 16.3. The fraction of sp³-hybridized carbons (Fsp3) is 0.481. The minimum Gasteiger partial charge on any atom is -0.348 e. The molecular formula is C27H37N5O2. The number of H-pyrrole nitrogens is 1. The van der Waals surface area contributed by atoms with Crippen molar-refractivity contribution in [1.29, 1.82) is 0 Å². The van der Waals surface area contributed by atoms with Gasteiger partial charge in [-0.25, -0.2) is 0 Å². The zero-order valence-electron chi connectivity index (χ0n) is 20.8. The van der Waals surface area contributed by atoms with Crippen LogP contribution in [0, 0.1) is 26.7 Å². The van der Waals surface area contributed by atoms with Crippen LogP contribution >= 0.6 is 0 Å². The summed E-state index contributed by atoms with van der Waals surface area (Å²) in [5, 5.41) is 3.97. The van der Waals surface area contributed by atoms with Gasteiger partial charge in [0.25, 0.3) is 11.5 Å². The zero-order chi connectivity index (χ0) is 24.4. The molecule has 0 bridgehead atoms. The van der Waals surface area contributed by atoms with E-state index in [1.165, 1.54) is 0 Å². The molecule has 2 aromatic heterocycles. The molecule has 7 nitrogen and oxygen atoms in total. The van der Waals surface area contributed by atoms with Gasteiger partial charge in [0.2, 0.25) is 0 Å². The molecule has 0 aliphatic carbocycles. The van der Waals surface area contributed by atoms with Crippen LogP contribution in [0.5, 0.6) is 0 Å². The number of fused-ring (bicyclic) bond motifs is 1. The van der Waals surface area contributed by atoms with Gasteiger partial charge in [0, 0.05) is 53.5 Å². The highest BCUT2D eigenvalue weighted by molar-refractivity contribution is 6.08. The van der Waals surface area contributed by atoms with Crippen molar-refractivity contribution in [3.63, 3.8) is 0 Å². The van der Waals surface area contributed by atoms with Gasteiger partial charge in [-0.1, -0.05) is 18.2 Å². The van der Waals surface area contributed by atoms with Crippen LogP contribution in [0.15, 0.2) is 35.1 Å². The second kappa shape index (κ2) is 10.2. The number of aryl methyl sites for hydroxylation is 2. The number of aromatic nitrogens is 2. The van der Waals surface area contributed by atoms with Crippen LogP contribution in [0.3, 0.4) is 0 Å². The molecule has 34 heavy (non-hydrogen) atoms. The monoisotopic (exact) mass is 463 g/mol. The molecular weight excluding hydrogens is 426 g/mol. The van der Waals surface area contributed by atoms with E-state index < -0.39 is 0 Å². The minimum absolute atomic E-state index is 0.142. The second-order valence-electron chi connectivity index (χ2n) is 9.68. The molecule has 182 valence electrons. The maximum absolute atomic E-state index is 13.4. The van der Waals surface area contributed by atoms with E-state index >= 15 is 0 Å². The molecule has 7 heteroatoms. The molecule has 1 saturated heterocycles. The van der Waals surface area contributed by atoms with Gasteiger partial charge in [-0.05, 0) is 77.2 Å². The van der Waals surface area contributed by atoms with Crippen molar-refractivity contribution < 1.29 is 4.79 Å². The molecule has 0 spiro atoms. The highest BCUT2D eigenvalue weighted by Crippen LogP contribution is 2.35. The number of benzene rings is 1. The van der Waals surface area contributed by atoms with Crippen molar-refractivity contribution >= 4 is 16.8 Å². The van der Waals surface area contributed by atoms with E-state index in [0.717, 1.165) is 60.3 Å². The number of para-hydroxylation sites is 1. The number of hydrogen-bond donors (Lipinski definition) is 3. The Bertz CT molecular complexity index is 1230. The van der Waals surface area contributed by atoms with E-state index in [-0.39, 0.29) is 24.1 Å². The van der Waals surface area contributed by atoms with E-state index in [9.17, 15) is 9.59 Å². The third kappa shape index (κ3) is 4.68. The number of carbonyl (C=O) groups is 1. The van der Waals surface area contributed by atoms with Gasteiger partial charge in [0.1, 0.15) is 0 Å². The van der Waals surface area contributed by atoms with E-state index in [1.807, 2.05) is 45.0 Å². The number of nitrogens with one attached hydrogen (secondary N) is 2. The number of nitrogens with two attached hydrogens (primary N) is 1. The van der Waals surface area contributed by atoms with Gasteiger partial charge in [0.15, 0.2) is 0 Å². The summed E-state index contributed by atoms with van der Waals surface area (Å²) in [5.41, 5.74) is 10.7. The lowest BCUT2D eigenvalue weighted by atomic mass is 9.90. The summed E-state index contributed by atoms with van der Waals surface area (Å²) in [6.45, 7) is 12.1. The average molecular weight is 464 g/mol. The number of likely N-dealkylation sites (tertiary alicyclic amines) is 1. The number of amides is 1. The highest BCUT2D eigenvalue weighted by Gasteiger charge is 2.29. The van der Waals surface area contributed by atoms with Gasteiger partial charge in [-0.2, -0.15) is 0 Å². The summed E-state index contributed by atoms with van der Waals surface area (Å²) >= 11 is 0. The van der Waals surface area contributed by atoms with Crippen molar-refractivity contribution in [2.75, 3.05) is 26.2 Å². The number of aromatic amines is 1. The second-order valence-corrected chi connectivity index (χ2v) is 9.68. The summed E-state index contributed by atoms with van der Waals surface area (Å²) in [5.74, 6) is 0.407. The zero-order valence-corrected chi connectivity index (χ0v) is 20.8. The lowest BCUT2D eigenvalue weighted by molar-refractivity contribution is 0.0951. The smallest absolute Gasteiger partial charge is 0.254 e. The van der Waals surface area contributed by atoms with E-state index in [4.69, 9.17) is 5.73 Å². The SMILES string of the molecule is Cc1cc(C)c(CNC(=O)c2c(C)n([C@H](C)C3CCN(CCN)CC3)c3ccccc23)c(=O)[nH]1. The standard InChI is InChI=1S/C27H37N5O2/c1-17-15-18(2)30-26(33)23(17)16-29-27(34)25-20(4)32(24-8-6-5-7-22(24)25)19(3)21-9-12-31(13-10-21)14-11-28/h5-8,15,19,21H,9-14,16,28H2,1-4H3,(H,29,34)(H,30,33)/t19-/m1/s1. The first kappa shape index (κ1) is 24.2. The Morgan fingerprint density at radius 1 is 1.21 bits per heavy atom. The third-order valence-corrected chi connectivity index (χ3v) is 7.47. The summed E-state index contributed by atoms with van der Waals surface area (Å²) in [6, 6.07) is 10.4. The number of hydrogen-bond acceptors (Lipinski definition) is 4. The predicted molar refractivity (Wildman–Crippen MR) is 137 cm³/mol. The molecule has 1 aromatic carbocycles. The normalized spacial score (nSPS) is 16.1. The fourth-order valence-corrected chi connectivity index (χ4v) is 5.61. The summed E-state index contributed by atoms with van der Waals surface area (Å²) < 4.78 is 2.34. The molecule has 1 atom stereocenters. The molecule has 1 fully saturated rings. The molecule has 4 N–H and O–H groups in total.